The smallest absolute Gasteiger partial charge is 0.179 e. The zero-order valence-electron chi connectivity index (χ0n) is 25.8. The molecule has 0 saturated heterocycles. The van der Waals surface area contributed by atoms with Crippen LogP contribution in [0.3, 0.4) is 0 Å². The maximum Gasteiger partial charge on any atom is 0.179 e. The zero-order valence-corrected chi connectivity index (χ0v) is 26.8. The Bertz CT molecular complexity index is 2430. The molecule has 1 aliphatic heterocycles. The van der Waals surface area contributed by atoms with Gasteiger partial charge in [0.25, 0.3) is 0 Å². The molecule has 0 spiro atoms. The highest BCUT2D eigenvalue weighted by Gasteiger charge is 2.41. The van der Waals surface area contributed by atoms with Gasteiger partial charge in [0.05, 0.1) is 6.54 Å². The van der Waals surface area contributed by atoms with E-state index in [0.29, 0.717) is 6.54 Å². The molecule has 0 radical (unpaired) electrons. The van der Waals surface area contributed by atoms with Crippen LogP contribution in [0.2, 0.25) is 0 Å². The fraction of sp³-hybridized carbons (Fsp3) is 0.0233. The first kappa shape index (κ1) is 27.5. The first-order chi connectivity index (χ1) is 23.3. The molecule has 0 fully saturated rings. The summed E-state index contributed by atoms with van der Waals surface area (Å²) in [6.45, 7) is 0.695. The highest BCUT2D eigenvalue weighted by molar-refractivity contribution is 7.19. The minimum Gasteiger partial charge on any atom is -0.278 e. The van der Waals surface area contributed by atoms with E-state index in [-0.39, 0.29) is 0 Å². The molecule has 0 saturated carbocycles. The summed E-state index contributed by atoms with van der Waals surface area (Å²) in [7, 11) is -2.57. The lowest BCUT2D eigenvalue weighted by atomic mass is 10.1. The number of benzene rings is 6. The summed E-state index contributed by atoms with van der Waals surface area (Å²) >= 11 is 0. The van der Waals surface area contributed by atoms with Crippen LogP contribution in [0.5, 0.6) is 0 Å². The Balaban J connectivity index is 1.20. The fourth-order valence-electron chi connectivity index (χ4n) is 7.54. The van der Waals surface area contributed by atoms with Crippen molar-refractivity contribution < 1.29 is 0 Å². The van der Waals surface area contributed by atoms with Gasteiger partial charge < -0.3 is 0 Å². The molecule has 0 N–H and O–H groups in total. The van der Waals surface area contributed by atoms with Gasteiger partial charge in [-0.05, 0) is 49.4 Å². The van der Waals surface area contributed by atoms with Crippen LogP contribution in [0.25, 0.3) is 44.7 Å². The van der Waals surface area contributed by atoms with E-state index in [1.54, 1.807) is 0 Å². The minimum atomic E-state index is -2.57. The topological polar surface area (TPSA) is 30.2 Å². The fourth-order valence-corrected chi connectivity index (χ4v) is 12.3. The molecule has 47 heavy (non-hydrogen) atoms. The van der Waals surface area contributed by atoms with Gasteiger partial charge in [0.2, 0.25) is 0 Å². The summed E-state index contributed by atoms with van der Waals surface area (Å²) < 4.78 is 2.23. The van der Waals surface area contributed by atoms with Gasteiger partial charge in [0.15, 0.2) is 8.07 Å². The Kier molecular flexibility index (Phi) is 6.54. The molecule has 222 valence electrons. The standard InChI is InChI=1S/C43H31N3Si/c1-4-16-35(17-5-1)47(36-18-6-2-7-19-36,37-20-8-3-9-21-37)38-25-23-31(24-26-38)32-14-12-15-34(29-32)46-42-40(27-28-44-42)41-39-22-11-10-13-33(39)30-45-43(41)46/h1-27,29-30H,28H2. The van der Waals surface area contributed by atoms with Gasteiger partial charge in [-0.2, -0.15) is 0 Å². The third-order valence-corrected chi connectivity index (χ3v) is 14.4. The largest absolute Gasteiger partial charge is 0.278 e. The van der Waals surface area contributed by atoms with Gasteiger partial charge in [-0.3, -0.25) is 9.56 Å². The molecular formula is C43H31N3Si. The van der Waals surface area contributed by atoms with E-state index in [1.165, 1.54) is 47.9 Å². The van der Waals surface area contributed by atoms with Crippen LogP contribution < -0.4 is 31.5 Å². The summed E-state index contributed by atoms with van der Waals surface area (Å²) in [6, 6.07) is 59.8. The summed E-state index contributed by atoms with van der Waals surface area (Å²) in [5, 5.41) is 10.2. The van der Waals surface area contributed by atoms with Crippen LogP contribution in [-0.4, -0.2) is 24.2 Å². The Labute approximate surface area is 274 Å². The average molecular weight is 618 g/mol. The molecule has 1 aliphatic rings. The van der Waals surface area contributed by atoms with Crippen molar-refractivity contribution in [1.82, 2.24) is 9.55 Å². The number of nitrogens with zero attached hydrogens (tertiary/aromatic N) is 3. The van der Waals surface area contributed by atoms with E-state index < -0.39 is 8.07 Å². The van der Waals surface area contributed by atoms with Crippen molar-refractivity contribution >= 4 is 56.7 Å². The molecule has 3 nitrogen and oxygen atoms in total. The molecule has 0 atom stereocenters. The Morgan fingerprint density at radius 1 is 0.532 bits per heavy atom. The van der Waals surface area contributed by atoms with Crippen molar-refractivity contribution in [3.63, 3.8) is 0 Å². The molecule has 0 unspecified atom stereocenters. The third kappa shape index (κ3) is 4.33. The lowest BCUT2D eigenvalue weighted by molar-refractivity contribution is 0.980. The molecule has 9 rings (SSSR count). The molecule has 2 aromatic heterocycles. The number of aromatic nitrogens is 2. The maximum atomic E-state index is 4.96. The number of hydrogen-bond acceptors (Lipinski definition) is 2. The van der Waals surface area contributed by atoms with E-state index >= 15 is 0 Å². The summed E-state index contributed by atoms with van der Waals surface area (Å²) in [4.78, 5) is 9.88. The van der Waals surface area contributed by atoms with Crippen molar-refractivity contribution in [3.05, 3.63) is 181 Å². The van der Waals surface area contributed by atoms with Crippen LogP contribution in [0.4, 0.5) is 0 Å². The number of hydrogen-bond donors (Lipinski definition) is 0. The normalized spacial score (nSPS) is 12.5. The van der Waals surface area contributed by atoms with E-state index in [1.807, 2.05) is 6.20 Å². The van der Waals surface area contributed by atoms with Crippen LogP contribution in [0.15, 0.2) is 175 Å². The molecular weight excluding hydrogens is 587 g/mol. The number of fused-ring (bicyclic) bond motifs is 5. The number of pyridine rings is 1. The van der Waals surface area contributed by atoms with Gasteiger partial charge in [-0.1, -0.05) is 158 Å². The van der Waals surface area contributed by atoms with Crippen LogP contribution in [0, 0.1) is 0 Å². The number of rotatable bonds is 6. The highest BCUT2D eigenvalue weighted by atomic mass is 28.3. The van der Waals surface area contributed by atoms with Gasteiger partial charge in [-0.15, -0.1) is 0 Å². The lowest BCUT2D eigenvalue weighted by Crippen LogP contribution is -2.74. The van der Waals surface area contributed by atoms with E-state index in [0.717, 1.165) is 22.2 Å². The van der Waals surface area contributed by atoms with Crippen molar-refractivity contribution in [3.8, 4) is 16.8 Å². The lowest BCUT2D eigenvalue weighted by Gasteiger charge is -2.34. The summed E-state index contributed by atoms with van der Waals surface area (Å²) in [5.74, 6) is 0. The van der Waals surface area contributed by atoms with Crippen LogP contribution in [0.1, 0.15) is 0 Å². The highest BCUT2D eigenvalue weighted by Crippen LogP contribution is 2.26. The second-order valence-corrected chi connectivity index (χ2v) is 15.9. The summed E-state index contributed by atoms with van der Waals surface area (Å²) in [6.07, 6.45) is 4.21. The minimum absolute atomic E-state index is 0.695. The Morgan fingerprint density at radius 3 is 1.79 bits per heavy atom. The van der Waals surface area contributed by atoms with Crippen molar-refractivity contribution in [2.75, 3.05) is 6.54 Å². The van der Waals surface area contributed by atoms with E-state index in [2.05, 4.69) is 174 Å². The van der Waals surface area contributed by atoms with Gasteiger partial charge in [0.1, 0.15) is 11.1 Å². The van der Waals surface area contributed by atoms with Gasteiger partial charge in [-0.25, -0.2) is 4.98 Å². The first-order valence-electron chi connectivity index (χ1n) is 16.1. The predicted molar refractivity (Wildman–Crippen MR) is 198 cm³/mol. The molecule has 0 amide bonds. The predicted octanol–water partition coefficient (Wildman–Crippen LogP) is 5.64. The average Bonchev–Trinajstić information content (AvgIpc) is 3.75. The zero-order chi connectivity index (χ0) is 31.2. The molecule has 0 aliphatic carbocycles. The van der Waals surface area contributed by atoms with Crippen molar-refractivity contribution in [2.24, 2.45) is 4.99 Å². The van der Waals surface area contributed by atoms with E-state index in [4.69, 9.17) is 9.98 Å². The van der Waals surface area contributed by atoms with Crippen molar-refractivity contribution in [2.45, 2.75) is 0 Å². The first-order valence-corrected chi connectivity index (χ1v) is 18.1. The Morgan fingerprint density at radius 2 is 1.13 bits per heavy atom. The SMILES string of the molecule is C1=c2c(n(-c3cccc(-c4ccc([Si](c5ccccc5)(c5ccccc5)c5ccccc5)cc4)c3)c3ncc4ccccc4c23)=NC1. The van der Waals surface area contributed by atoms with Crippen molar-refractivity contribution in [1.29, 1.82) is 0 Å². The molecule has 3 heterocycles. The quantitative estimate of drug-likeness (QED) is 0.176. The monoisotopic (exact) mass is 617 g/mol. The maximum absolute atomic E-state index is 4.96. The molecule has 0 bridgehead atoms. The summed E-state index contributed by atoms with van der Waals surface area (Å²) in [5.41, 5.74) is 5.36. The Hall–Kier alpha value is -5.84. The second-order valence-electron chi connectivity index (χ2n) is 12.1. The third-order valence-electron chi connectivity index (χ3n) is 9.63. The van der Waals surface area contributed by atoms with Crippen LogP contribution in [-0.2, 0) is 0 Å². The van der Waals surface area contributed by atoms with Crippen LogP contribution >= 0.6 is 0 Å². The molecule has 4 heteroatoms. The van der Waals surface area contributed by atoms with E-state index in [9.17, 15) is 0 Å². The second kappa shape index (κ2) is 11.2. The van der Waals surface area contributed by atoms with Gasteiger partial charge in [0, 0.05) is 27.9 Å². The molecule has 8 aromatic rings. The molecule has 6 aromatic carbocycles. The van der Waals surface area contributed by atoms with Gasteiger partial charge >= 0.3 is 0 Å².